The Labute approximate surface area is 152 Å². The molecular formula is C19H18F5NO2. The minimum absolute atomic E-state index is 0.0105. The van der Waals surface area contributed by atoms with Crippen molar-refractivity contribution in [3.8, 4) is 5.75 Å². The first-order valence-corrected chi connectivity index (χ1v) is 8.45. The van der Waals surface area contributed by atoms with Crippen LogP contribution in [0.2, 0.25) is 0 Å². The predicted molar refractivity (Wildman–Crippen MR) is 87.5 cm³/mol. The van der Waals surface area contributed by atoms with E-state index in [4.69, 9.17) is 15.2 Å². The molecular weight excluding hydrogens is 369 g/mol. The van der Waals surface area contributed by atoms with Crippen LogP contribution in [0.3, 0.4) is 0 Å². The summed E-state index contributed by atoms with van der Waals surface area (Å²) in [7, 11) is 0. The molecule has 3 nitrogen and oxygen atoms in total. The van der Waals surface area contributed by atoms with Crippen molar-refractivity contribution in [2.45, 2.75) is 25.5 Å². The van der Waals surface area contributed by atoms with Crippen molar-refractivity contribution < 1.29 is 31.4 Å². The Morgan fingerprint density at radius 3 is 2.07 bits per heavy atom. The standard InChI is InChI=1S/C19H18F5NO2/c20-13-5-12(6-14(21)18(13)24)17-2-1-10(8-26-17)9-27-19-15(22)3-11(7-25)4-16(19)23/h3-6,10,17H,1-2,7-9,25H2. The Bertz CT molecular complexity index is 776. The van der Waals surface area contributed by atoms with Gasteiger partial charge in [-0.3, -0.25) is 0 Å². The van der Waals surface area contributed by atoms with Gasteiger partial charge in [-0.2, -0.15) is 0 Å². The normalized spacial score (nSPS) is 19.9. The highest BCUT2D eigenvalue weighted by molar-refractivity contribution is 5.31. The average molecular weight is 387 g/mol. The van der Waals surface area contributed by atoms with Crippen LogP contribution in [0, 0.1) is 35.0 Å². The van der Waals surface area contributed by atoms with Gasteiger partial charge in [-0.25, -0.2) is 22.0 Å². The summed E-state index contributed by atoms with van der Waals surface area (Å²) in [6, 6.07) is 4.04. The summed E-state index contributed by atoms with van der Waals surface area (Å²) >= 11 is 0. The van der Waals surface area contributed by atoms with Crippen LogP contribution in [-0.4, -0.2) is 13.2 Å². The Morgan fingerprint density at radius 2 is 1.56 bits per heavy atom. The van der Waals surface area contributed by atoms with Crippen molar-refractivity contribution in [3.05, 3.63) is 64.5 Å². The largest absolute Gasteiger partial charge is 0.487 e. The van der Waals surface area contributed by atoms with Crippen molar-refractivity contribution in [2.24, 2.45) is 11.7 Å². The zero-order chi connectivity index (χ0) is 19.6. The highest BCUT2D eigenvalue weighted by atomic mass is 19.2. The van der Waals surface area contributed by atoms with Crippen LogP contribution in [0.15, 0.2) is 24.3 Å². The van der Waals surface area contributed by atoms with Crippen molar-refractivity contribution in [2.75, 3.05) is 13.2 Å². The number of halogens is 5. The third kappa shape index (κ3) is 4.39. The molecule has 0 amide bonds. The average Bonchev–Trinajstić information content (AvgIpc) is 2.65. The van der Waals surface area contributed by atoms with E-state index >= 15 is 0 Å². The van der Waals surface area contributed by atoms with E-state index in [1.165, 1.54) is 0 Å². The SMILES string of the molecule is NCc1cc(F)c(OCC2CCC(c3cc(F)c(F)c(F)c3)OC2)c(F)c1. The molecule has 3 rings (SSSR count). The maximum absolute atomic E-state index is 13.9. The third-order valence-corrected chi connectivity index (χ3v) is 4.51. The van der Waals surface area contributed by atoms with Crippen LogP contribution in [0.1, 0.15) is 30.1 Å². The van der Waals surface area contributed by atoms with E-state index in [2.05, 4.69) is 0 Å². The van der Waals surface area contributed by atoms with E-state index in [9.17, 15) is 22.0 Å². The molecule has 1 aliphatic rings. The van der Waals surface area contributed by atoms with Gasteiger partial charge in [0.25, 0.3) is 0 Å². The Balaban J connectivity index is 1.58. The summed E-state index contributed by atoms with van der Waals surface area (Å²) in [4.78, 5) is 0. The second-order valence-corrected chi connectivity index (χ2v) is 6.47. The van der Waals surface area contributed by atoms with Gasteiger partial charge in [0.2, 0.25) is 0 Å². The minimum Gasteiger partial charge on any atom is -0.487 e. The lowest BCUT2D eigenvalue weighted by Gasteiger charge is -2.29. The van der Waals surface area contributed by atoms with E-state index in [1.807, 2.05) is 0 Å². The number of rotatable bonds is 5. The molecule has 27 heavy (non-hydrogen) atoms. The van der Waals surface area contributed by atoms with E-state index in [1.54, 1.807) is 0 Å². The van der Waals surface area contributed by atoms with E-state index in [0.717, 1.165) is 24.3 Å². The monoisotopic (exact) mass is 387 g/mol. The number of benzene rings is 2. The molecule has 0 saturated carbocycles. The molecule has 0 bridgehead atoms. The van der Waals surface area contributed by atoms with Crippen LogP contribution in [0.4, 0.5) is 22.0 Å². The number of nitrogens with two attached hydrogens (primary N) is 1. The topological polar surface area (TPSA) is 44.5 Å². The van der Waals surface area contributed by atoms with Crippen molar-refractivity contribution in [3.63, 3.8) is 0 Å². The molecule has 1 heterocycles. The molecule has 2 aromatic carbocycles. The zero-order valence-corrected chi connectivity index (χ0v) is 14.3. The second kappa shape index (κ2) is 8.22. The molecule has 0 aromatic heterocycles. The van der Waals surface area contributed by atoms with Gasteiger partial charge in [-0.1, -0.05) is 0 Å². The highest BCUT2D eigenvalue weighted by Gasteiger charge is 2.26. The molecule has 2 N–H and O–H groups in total. The molecule has 2 unspecified atom stereocenters. The fourth-order valence-electron chi connectivity index (χ4n) is 3.03. The number of hydrogen-bond donors (Lipinski definition) is 1. The summed E-state index contributed by atoms with van der Waals surface area (Å²) in [5.41, 5.74) is 5.89. The Kier molecular flexibility index (Phi) is 5.96. The summed E-state index contributed by atoms with van der Waals surface area (Å²) < 4.78 is 78.3. The van der Waals surface area contributed by atoms with Crippen LogP contribution >= 0.6 is 0 Å². The van der Waals surface area contributed by atoms with Gasteiger partial charge in [0, 0.05) is 12.5 Å². The van der Waals surface area contributed by atoms with Gasteiger partial charge in [0.1, 0.15) is 0 Å². The zero-order valence-electron chi connectivity index (χ0n) is 14.3. The molecule has 0 radical (unpaired) electrons. The first-order valence-electron chi connectivity index (χ1n) is 8.45. The maximum Gasteiger partial charge on any atom is 0.194 e. The van der Waals surface area contributed by atoms with Crippen molar-refractivity contribution in [1.29, 1.82) is 0 Å². The van der Waals surface area contributed by atoms with Crippen molar-refractivity contribution in [1.82, 2.24) is 0 Å². The molecule has 1 aliphatic heterocycles. The predicted octanol–water partition coefficient (Wildman–Crippen LogP) is 4.39. The van der Waals surface area contributed by atoms with Crippen LogP contribution < -0.4 is 10.5 Å². The van der Waals surface area contributed by atoms with Crippen LogP contribution in [0.5, 0.6) is 5.75 Å². The number of hydrogen-bond acceptors (Lipinski definition) is 3. The van der Waals surface area contributed by atoms with Gasteiger partial charge in [0.05, 0.1) is 19.3 Å². The number of ether oxygens (including phenoxy) is 2. The second-order valence-electron chi connectivity index (χ2n) is 6.47. The first-order chi connectivity index (χ1) is 12.9. The van der Waals surface area contributed by atoms with Gasteiger partial charge in [0.15, 0.2) is 34.8 Å². The van der Waals surface area contributed by atoms with Crippen molar-refractivity contribution >= 4 is 0 Å². The summed E-state index contributed by atoms with van der Waals surface area (Å²) in [5.74, 6) is -6.35. The Hall–Kier alpha value is -2.19. The fraction of sp³-hybridized carbons (Fsp3) is 0.368. The first kappa shape index (κ1) is 19.6. The van der Waals surface area contributed by atoms with Gasteiger partial charge in [-0.05, 0) is 48.2 Å². The lowest BCUT2D eigenvalue weighted by molar-refractivity contribution is -0.0294. The molecule has 1 saturated heterocycles. The van der Waals surface area contributed by atoms with Crippen LogP contribution in [0.25, 0.3) is 0 Å². The molecule has 1 fully saturated rings. The quantitative estimate of drug-likeness (QED) is 0.612. The molecule has 0 aliphatic carbocycles. The van der Waals surface area contributed by atoms with Gasteiger partial charge < -0.3 is 15.2 Å². The smallest absolute Gasteiger partial charge is 0.194 e. The van der Waals surface area contributed by atoms with E-state index in [-0.39, 0.29) is 31.2 Å². The molecule has 0 spiro atoms. The molecule has 2 atom stereocenters. The van der Waals surface area contributed by atoms with Crippen LogP contribution in [-0.2, 0) is 11.3 Å². The maximum atomic E-state index is 13.9. The van der Waals surface area contributed by atoms with E-state index in [0.29, 0.717) is 18.4 Å². The lowest BCUT2D eigenvalue weighted by atomic mass is 9.95. The summed E-state index contributed by atoms with van der Waals surface area (Å²) in [5, 5.41) is 0. The van der Waals surface area contributed by atoms with Gasteiger partial charge >= 0.3 is 0 Å². The minimum atomic E-state index is -1.52. The Morgan fingerprint density at radius 1 is 0.926 bits per heavy atom. The fourth-order valence-corrected chi connectivity index (χ4v) is 3.03. The lowest BCUT2D eigenvalue weighted by Crippen LogP contribution is -2.26. The summed E-state index contributed by atoms with van der Waals surface area (Å²) in [6.45, 7) is 0.209. The summed E-state index contributed by atoms with van der Waals surface area (Å²) in [6.07, 6.45) is 0.383. The third-order valence-electron chi connectivity index (χ3n) is 4.51. The molecule has 2 aromatic rings. The molecule has 8 heteroatoms. The van der Waals surface area contributed by atoms with Gasteiger partial charge in [-0.15, -0.1) is 0 Å². The van der Waals surface area contributed by atoms with E-state index < -0.39 is 40.9 Å². The molecule has 146 valence electrons. The highest BCUT2D eigenvalue weighted by Crippen LogP contribution is 2.33.